The first-order valence-corrected chi connectivity index (χ1v) is 12.8. The molecular formula is C31H22FN3O3S. The fraction of sp³-hybridized carbons (Fsp3) is 0.0645. The van der Waals surface area contributed by atoms with Crippen molar-refractivity contribution >= 4 is 45.2 Å². The largest absolute Gasteiger partial charge is 0.465 e. The predicted molar refractivity (Wildman–Crippen MR) is 151 cm³/mol. The number of nitrogens with zero attached hydrogens (tertiary/aromatic N) is 2. The summed E-state index contributed by atoms with van der Waals surface area (Å²) < 4.78 is 20.3. The van der Waals surface area contributed by atoms with E-state index >= 15 is 0 Å². The summed E-state index contributed by atoms with van der Waals surface area (Å²) >= 11 is 1.23. The first-order valence-electron chi connectivity index (χ1n) is 12.0. The van der Waals surface area contributed by atoms with Crippen molar-refractivity contribution in [3.63, 3.8) is 0 Å². The zero-order valence-corrected chi connectivity index (χ0v) is 21.7. The normalized spacial score (nSPS) is 11.3. The van der Waals surface area contributed by atoms with Gasteiger partial charge in [0.05, 0.1) is 12.7 Å². The average Bonchev–Trinajstić information content (AvgIpc) is 3.54. The number of anilines is 1. The lowest BCUT2D eigenvalue weighted by Gasteiger charge is -2.05. The second-order valence-corrected chi connectivity index (χ2v) is 9.74. The maximum Gasteiger partial charge on any atom is 0.340 e. The van der Waals surface area contributed by atoms with Gasteiger partial charge in [0.25, 0.3) is 5.91 Å². The minimum Gasteiger partial charge on any atom is -0.465 e. The van der Waals surface area contributed by atoms with Crippen LogP contribution in [0.4, 0.5) is 9.39 Å². The molecule has 2 heterocycles. The number of hydrogen-bond donors (Lipinski definition) is 1. The number of hydrogen-bond acceptors (Lipinski definition) is 5. The van der Waals surface area contributed by atoms with Gasteiger partial charge in [0.15, 0.2) is 0 Å². The van der Waals surface area contributed by atoms with Gasteiger partial charge in [-0.05, 0) is 41.5 Å². The first-order chi connectivity index (χ1) is 19.0. The number of para-hydroxylation sites is 1. The Labute approximate surface area is 228 Å². The van der Waals surface area contributed by atoms with E-state index in [0.29, 0.717) is 17.1 Å². The van der Waals surface area contributed by atoms with Crippen molar-refractivity contribution in [2.75, 3.05) is 12.4 Å². The van der Waals surface area contributed by atoms with Crippen LogP contribution in [-0.4, -0.2) is 23.6 Å². The molecule has 0 aliphatic heterocycles. The third kappa shape index (κ3) is 5.49. The molecule has 0 saturated heterocycles. The lowest BCUT2D eigenvalue weighted by Crippen LogP contribution is -2.15. The highest BCUT2D eigenvalue weighted by molar-refractivity contribution is 7.20. The third-order valence-corrected chi connectivity index (χ3v) is 7.27. The molecule has 0 radical (unpaired) electrons. The van der Waals surface area contributed by atoms with Gasteiger partial charge < -0.3 is 14.6 Å². The van der Waals surface area contributed by atoms with Crippen LogP contribution < -0.4 is 5.32 Å². The van der Waals surface area contributed by atoms with Crippen LogP contribution in [0.2, 0.25) is 0 Å². The Kier molecular flexibility index (Phi) is 7.34. The van der Waals surface area contributed by atoms with Crippen molar-refractivity contribution in [3.8, 4) is 16.5 Å². The number of thiophene rings is 1. The molecular weight excluding hydrogens is 513 g/mol. The van der Waals surface area contributed by atoms with Crippen LogP contribution in [0.3, 0.4) is 0 Å². The minimum atomic E-state index is -0.639. The fourth-order valence-electron chi connectivity index (χ4n) is 4.27. The number of carbonyl (C=O) groups excluding carboxylic acids is 2. The number of nitriles is 1. The van der Waals surface area contributed by atoms with Crippen molar-refractivity contribution in [1.29, 1.82) is 5.26 Å². The molecule has 0 aliphatic carbocycles. The number of rotatable bonds is 7. The molecule has 3 aromatic carbocycles. The zero-order valence-electron chi connectivity index (χ0n) is 20.9. The topological polar surface area (TPSA) is 84.1 Å². The van der Waals surface area contributed by atoms with Crippen molar-refractivity contribution in [2.45, 2.75) is 6.54 Å². The van der Waals surface area contributed by atoms with E-state index in [9.17, 15) is 19.2 Å². The minimum absolute atomic E-state index is 0.120. The molecule has 0 bridgehead atoms. The molecule has 5 aromatic rings. The molecule has 39 heavy (non-hydrogen) atoms. The Hall–Kier alpha value is -5.00. The molecule has 8 heteroatoms. The Morgan fingerprint density at radius 1 is 1.05 bits per heavy atom. The SMILES string of the molecule is COC(=O)c1cc(-c2ccccc2)sc1NC(=O)C(C#N)=Cc1cn(Cc2ccc(F)cc2)c2ccccc12. The van der Waals surface area contributed by atoms with Crippen molar-refractivity contribution in [2.24, 2.45) is 0 Å². The summed E-state index contributed by atoms with van der Waals surface area (Å²) in [6.07, 6.45) is 3.39. The summed E-state index contributed by atoms with van der Waals surface area (Å²) in [6, 6.07) is 27.0. The van der Waals surface area contributed by atoms with E-state index in [-0.39, 0.29) is 17.0 Å². The summed E-state index contributed by atoms with van der Waals surface area (Å²) in [6.45, 7) is 0.489. The van der Waals surface area contributed by atoms with Gasteiger partial charge in [-0.25, -0.2) is 9.18 Å². The number of ether oxygens (including phenoxy) is 1. The molecule has 2 aromatic heterocycles. The van der Waals surface area contributed by atoms with Crippen LogP contribution in [0.25, 0.3) is 27.4 Å². The van der Waals surface area contributed by atoms with Crippen molar-refractivity contribution in [1.82, 2.24) is 4.57 Å². The lowest BCUT2D eigenvalue weighted by molar-refractivity contribution is -0.112. The molecule has 0 saturated carbocycles. The van der Waals surface area contributed by atoms with Gasteiger partial charge in [-0.2, -0.15) is 5.26 Å². The molecule has 0 spiro atoms. The molecule has 0 fully saturated rings. The summed E-state index contributed by atoms with van der Waals surface area (Å²) in [5.41, 5.74) is 3.48. The Morgan fingerprint density at radius 3 is 2.49 bits per heavy atom. The predicted octanol–water partition coefficient (Wildman–Crippen LogP) is 6.89. The summed E-state index contributed by atoms with van der Waals surface area (Å²) in [5, 5.41) is 13.8. The van der Waals surface area contributed by atoms with Gasteiger partial charge in [0.1, 0.15) is 22.5 Å². The number of methoxy groups -OCH3 is 1. The second-order valence-electron chi connectivity index (χ2n) is 8.69. The van der Waals surface area contributed by atoms with Crippen LogP contribution in [0.1, 0.15) is 21.5 Å². The van der Waals surface area contributed by atoms with Crippen molar-refractivity contribution < 1.29 is 18.7 Å². The van der Waals surface area contributed by atoms with Gasteiger partial charge in [0, 0.05) is 34.1 Å². The highest BCUT2D eigenvalue weighted by Gasteiger charge is 2.21. The smallest absolute Gasteiger partial charge is 0.340 e. The monoisotopic (exact) mass is 535 g/mol. The molecule has 5 rings (SSSR count). The number of aromatic nitrogens is 1. The summed E-state index contributed by atoms with van der Waals surface area (Å²) in [5.74, 6) is -1.53. The molecule has 6 nitrogen and oxygen atoms in total. The maximum absolute atomic E-state index is 13.4. The maximum atomic E-state index is 13.4. The quantitative estimate of drug-likeness (QED) is 0.140. The Balaban J connectivity index is 1.47. The molecule has 1 N–H and O–H groups in total. The second kappa shape index (κ2) is 11.2. The lowest BCUT2D eigenvalue weighted by atomic mass is 10.1. The number of esters is 1. The van der Waals surface area contributed by atoms with Gasteiger partial charge in [-0.1, -0.05) is 60.7 Å². The fourth-order valence-corrected chi connectivity index (χ4v) is 5.32. The molecule has 0 unspecified atom stereocenters. The number of fused-ring (bicyclic) bond motifs is 1. The van der Waals surface area contributed by atoms with Gasteiger partial charge in [-0.3, -0.25) is 4.79 Å². The highest BCUT2D eigenvalue weighted by Crippen LogP contribution is 2.36. The Morgan fingerprint density at radius 2 is 1.77 bits per heavy atom. The van der Waals surface area contributed by atoms with Crippen LogP contribution in [0.5, 0.6) is 0 Å². The standard InChI is InChI=1S/C31H22FN3O3S/c1-38-31(37)26-16-28(21-7-3-2-4-8-21)39-30(26)34-29(36)22(17-33)15-23-19-35(27-10-6-5-9-25(23)27)18-20-11-13-24(32)14-12-20/h2-16,19H,18H2,1H3,(H,34,36). The van der Waals surface area contributed by atoms with Gasteiger partial charge >= 0.3 is 5.97 Å². The van der Waals surface area contributed by atoms with E-state index in [1.807, 2.05) is 71.4 Å². The molecule has 0 atom stereocenters. The van der Waals surface area contributed by atoms with Crippen molar-refractivity contribution in [3.05, 3.63) is 119 Å². The van der Waals surface area contributed by atoms with E-state index < -0.39 is 11.9 Å². The number of halogens is 1. The third-order valence-electron chi connectivity index (χ3n) is 6.17. The molecule has 192 valence electrons. The first kappa shape index (κ1) is 25.6. The highest BCUT2D eigenvalue weighted by atomic mass is 32.1. The number of carbonyl (C=O) groups is 2. The van der Waals surface area contributed by atoms with Crippen LogP contribution in [0, 0.1) is 17.1 Å². The zero-order chi connectivity index (χ0) is 27.4. The van der Waals surface area contributed by atoms with Gasteiger partial charge in [0.2, 0.25) is 0 Å². The summed E-state index contributed by atoms with van der Waals surface area (Å²) in [4.78, 5) is 26.4. The van der Waals surface area contributed by atoms with Crippen LogP contribution in [-0.2, 0) is 16.1 Å². The Bertz CT molecular complexity index is 1750. The van der Waals surface area contributed by atoms with E-state index in [1.54, 1.807) is 18.2 Å². The van der Waals surface area contributed by atoms with E-state index in [0.717, 1.165) is 26.9 Å². The van der Waals surface area contributed by atoms with E-state index in [1.165, 1.54) is 36.7 Å². The van der Waals surface area contributed by atoms with Crippen LogP contribution >= 0.6 is 11.3 Å². The van der Waals surface area contributed by atoms with E-state index in [4.69, 9.17) is 4.74 Å². The number of nitrogens with one attached hydrogen (secondary N) is 1. The average molecular weight is 536 g/mol. The van der Waals surface area contributed by atoms with E-state index in [2.05, 4.69) is 5.32 Å². The summed E-state index contributed by atoms with van der Waals surface area (Å²) in [7, 11) is 1.27. The molecule has 1 amide bonds. The van der Waals surface area contributed by atoms with Crippen LogP contribution in [0.15, 0.2) is 96.7 Å². The number of benzene rings is 3. The number of amides is 1. The molecule has 0 aliphatic rings. The van der Waals surface area contributed by atoms with Gasteiger partial charge in [-0.15, -0.1) is 11.3 Å².